The molecule has 0 saturated carbocycles. The van der Waals surface area contributed by atoms with Crippen molar-refractivity contribution in [2.45, 2.75) is 19.5 Å². The van der Waals surface area contributed by atoms with Crippen LogP contribution < -0.4 is 5.32 Å². The Labute approximate surface area is 171 Å². The number of aryl methyl sites for hydroxylation is 1. The quantitative estimate of drug-likeness (QED) is 0.602. The largest absolute Gasteiger partial charge is 0.379 e. The monoisotopic (exact) mass is 446 g/mol. The summed E-state index contributed by atoms with van der Waals surface area (Å²) in [5.74, 6) is 0.524. The highest BCUT2D eigenvalue weighted by molar-refractivity contribution is 9.10. The minimum Gasteiger partial charge on any atom is -0.379 e. The van der Waals surface area contributed by atoms with Gasteiger partial charge in [-0.2, -0.15) is 5.10 Å². The van der Waals surface area contributed by atoms with E-state index in [1.54, 1.807) is 10.9 Å². The summed E-state index contributed by atoms with van der Waals surface area (Å²) >= 11 is 3.36. The summed E-state index contributed by atoms with van der Waals surface area (Å²) in [5, 5.41) is 7.16. The highest BCUT2D eigenvalue weighted by Crippen LogP contribution is 2.20. The van der Waals surface area contributed by atoms with Gasteiger partial charge in [0.1, 0.15) is 0 Å². The van der Waals surface area contributed by atoms with Gasteiger partial charge in [0, 0.05) is 45.3 Å². The van der Waals surface area contributed by atoms with E-state index in [-0.39, 0.29) is 5.91 Å². The van der Waals surface area contributed by atoms with Crippen LogP contribution in [0.1, 0.15) is 6.42 Å². The second-order valence-electron chi connectivity index (χ2n) is 6.75. The average Bonchev–Trinajstić information content (AvgIpc) is 3.28. The number of carbonyl (C=O) groups is 1. The second-order valence-corrected chi connectivity index (χ2v) is 7.67. The van der Waals surface area contributed by atoms with Crippen LogP contribution in [0.5, 0.6) is 0 Å². The summed E-state index contributed by atoms with van der Waals surface area (Å²) in [6, 6.07) is 7.97. The fourth-order valence-electron chi connectivity index (χ4n) is 3.33. The Morgan fingerprint density at radius 2 is 2.00 bits per heavy atom. The van der Waals surface area contributed by atoms with Gasteiger partial charge in [-0.3, -0.25) is 19.7 Å². The van der Waals surface area contributed by atoms with Crippen molar-refractivity contribution in [3.8, 4) is 0 Å². The van der Waals surface area contributed by atoms with Gasteiger partial charge in [-0.15, -0.1) is 0 Å². The van der Waals surface area contributed by atoms with Gasteiger partial charge in [-0.25, -0.2) is 4.98 Å². The number of imidazole rings is 1. The van der Waals surface area contributed by atoms with Crippen LogP contribution in [-0.2, 0) is 22.6 Å². The van der Waals surface area contributed by atoms with Crippen molar-refractivity contribution in [3.05, 3.63) is 41.1 Å². The van der Waals surface area contributed by atoms with Crippen LogP contribution >= 0.6 is 15.9 Å². The van der Waals surface area contributed by atoms with Crippen LogP contribution in [0.25, 0.3) is 11.0 Å². The van der Waals surface area contributed by atoms with Crippen LogP contribution in [0.4, 0.5) is 5.95 Å². The van der Waals surface area contributed by atoms with Gasteiger partial charge in [-0.05, 0) is 28.1 Å². The zero-order valence-corrected chi connectivity index (χ0v) is 17.1. The highest BCUT2D eigenvalue weighted by Gasteiger charge is 2.16. The maximum atomic E-state index is 12.5. The van der Waals surface area contributed by atoms with E-state index in [2.05, 4.69) is 40.8 Å². The lowest BCUT2D eigenvalue weighted by molar-refractivity contribution is -0.116. The van der Waals surface area contributed by atoms with Gasteiger partial charge >= 0.3 is 0 Å². The zero-order chi connectivity index (χ0) is 19.3. The topological polar surface area (TPSA) is 77.2 Å². The molecule has 28 heavy (non-hydrogen) atoms. The van der Waals surface area contributed by atoms with Crippen molar-refractivity contribution in [1.82, 2.24) is 24.2 Å². The number of anilines is 1. The molecule has 3 aromatic rings. The Bertz CT molecular complexity index is 947. The van der Waals surface area contributed by atoms with E-state index >= 15 is 0 Å². The summed E-state index contributed by atoms with van der Waals surface area (Å²) < 4.78 is 10.2. The summed E-state index contributed by atoms with van der Waals surface area (Å²) in [4.78, 5) is 19.5. The number of fused-ring (bicyclic) bond motifs is 1. The van der Waals surface area contributed by atoms with Gasteiger partial charge in [0.15, 0.2) is 0 Å². The van der Waals surface area contributed by atoms with Crippen LogP contribution in [0.3, 0.4) is 0 Å². The zero-order valence-electron chi connectivity index (χ0n) is 15.6. The van der Waals surface area contributed by atoms with Gasteiger partial charge in [0.05, 0.1) is 34.9 Å². The first-order valence-corrected chi connectivity index (χ1v) is 10.2. The highest BCUT2D eigenvalue weighted by atomic mass is 79.9. The second kappa shape index (κ2) is 8.85. The van der Waals surface area contributed by atoms with Crippen LogP contribution in [0.15, 0.2) is 41.1 Å². The van der Waals surface area contributed by atoms with E-state index in [0.717, 1.165) is 54.9 Å². The molecule has 3 heterocycles. The Morgan fingerprint density at radius 3 is 2.79 bits per heavy atom. The van der Waals surface area contributed by atoms with E-state index in [0.29, 0.717) is 18.9 Å². The summed E-state index contributed by atoms with van der Waals surface area (Å²) in [5.41, 5.74) is 1.91. The molecule has 8 nitrogen and oxygen atoms in total. The Morgan fingerprint density at radius 1 is 1.18 bits per heavy atom. The van der Waals surface area contributed by atoms with Crippen LogP contribution in [-0.4, -0.2) is 63.0 Å². The smallest absolute Gasteiger partial charge is 0.228 e. The lowest BCUT2D eigenvalue weighted by Crippen LogP contribution is -2.38. The molecule has 1 amide bonds. The molecule has 0 atom stereocenters. The molecule has 0 unspecified atom stereocenters. The van der Waals surface area contributed by atoms with E-state index in [1.165, 1.54) is 0 Å². The molecule has 1 N–H and O–H groups in total. The summed E-state index contributed by atoms with van der Waals surface area (Å²) in [6.07, 6.45) is 3.90. The SMILES string of the molecule is O=C(CCn1cc(Br)cn1)Nc1nc2ccccc2n1CCN1CCOCC1. The normalized spacial score (nSPS) is 15.2. The number of benzene rings is 1. The minimum atomic E-state index is -0.0745. The number of morpholine rings is 1. The molecular formula is C19H23BrN6O2. The van der Waals surface area contributed by atoms with Crippen molar-refractivity contribution >= 4 is 38.8 Å². The first-order valence-electron chi connectivity index (χ1n) is 9.42. The van der Waals surface area contributed by atoms with Crippen molar-refractivity contribution in [3.63, 3.8) is 0 Å². The molecule has 0 radical (unpaired) electrons. The number of rotatable bonds is 7. The molecule has 0 aliphatic carbocycles. The van der Waals surface area contributed by atoms with E-state index in [1.807, 2.05) is 30.5 Å². The molecular weight excluding hydrogens is 424 g/mol. The number of hydrogen-bond donors (Lipinski definition) is 1. The maximum absolute atomic E-state index is 12.5. The number of nitrogens with one attached hydrogen (secondary N) is 1. The molecule has 1 aliphatic heterocycles. The fourth-order valence-corrected chi connectivity index (χ4v) is 3.66. The third kappa shape index (κ3) is 4.60. The van der Waals surface area contributed by atoms with Crippen molar-refractivity contribution in [2.75, 3.05) is 38.2 Å². The molecule has 4 rings (SSSR count). The number of amides is 1. The molecule has 1 aliphatic rings. The number of hydrogen-bond acceptors (Lipinski definition) is 5. The number of nitrogens with zero attached hydrogens (tertiary/aromatic N) is 5. The van der Waals surface area contributed by atoms with Crippen molar-refractivity contribution in [1.29, 1.82) is 0 Å². The molecule has 1 saturated heterocycles. The van der Waals surface area contributed by atoms with E-state index < -0.39 is 0 Å². The minimum absolute atomic E-state index is 0.0745. The van der Waals surface area contributed by atoms with E-state index in [9.17, 15) is 4.79 Å². The lowest BCUT2D eigenvalue weighted by atomic mass is 10.3. The Kier molecular flexibility index (Phi) is 6.04. The van der Waals surface area contributed by atoms with Gasteiger partial charge < -0.3 is 9.30 Å². The predicted molar refractivity (Wildman–Crippen MR) is 110 cm³/mol. The maximum Gasteiger partial charge on any atom is 0.228 e. The number of para-hydroxylation sites is 2. The third-order valence-corrected chi connectivity index (χ3v) is 5.23. The molecule has 0 spiro atoms. The van der Waals surface area contributed by atoms with Gasteiger partial charge in [-0.1, -0.05) is 12.1 Å². The predicted octanol–water partition coefficient (Wildman–Crippen LogP) is 2.36. The molecule has 148 valence electrons. The molecule has 0 bridgehead atoms. The van der Waals surface area contributed by atoms with Crippen molar-refractivity contribution < 1.29 is 9.53 Å². The summed E-state index contributed by atoms with van der Waals surface area (Å²) in [6.45, 7) is 5.61. The van der Waals surface area contributed by atoms with Crippen molar-refractivity contribution in [2.24, 2.45) is 0 Å². The number of halogens is 1. The Hall–Kier alpha value is -2.23. The van der Waals surface area contributed by atoms with Crippen LogP contribution in [0, 0.1) is 0 Å². The molecule has 1 aromatic carbocycles. The fraction of sp³-hybridized carbons (Fsp3) is 0.421. The van der Waals surface area contributed by atoms with Gasteiger partial charge in [0.2, 0.25) is 11.9 Å². The van der Waals surface area contributed by atoms with Gasteiger partial charge in [0.25, 0.3) is 0 Å². The Balaban J connectivity index is 1.45. The lowest BCUT2D eigenvalue weighted by Gasteiger charge is -2.26. The first kappa shape index (κ1) is 19.1. The average molecular weight is 447 g/mol. The molecule has 2 aromatic heterocycles. The number of ether oxygens (including phenoxy) is 1. The third-order valence-electron chi connectivity index (χ3n) is 4.82. The van der Waals surface area contributed by atoms with E-state index in [4.69, 9.17) is 4.74 Å². The standard InChI is InChI=1S/C19H23BrN6O2/c20-15-13-21-25(14-15)6-5-18(27)23-19-22-16-3-1-2-4-17(16)26(19)8-7-24-9-11-28-12-10-24/h1-4,13-14H,5-12H2,(H,22,23,27). The first-order chi connectivity index (χ1) is 13.7. The summed E-state index contributed by atoms with van der Waals surface area (Å²) in [7, 11) is 0. The number of carbonyl (C=O) groups excluding carboxylic acids is 1. The number of aromatic nitrogens is 4. The molecule has 9 heteroatoms. The molecule has 1 fully saturated rings. The van der Waals surface area contributed by atoms with Crippen LogP contribution in [0.2, 0.25) is 0 Å².